The number of hydrogen-bond acceptors (Lipinski definition) is 2. The molecular weight excluding hydrogens is 222 g/mol. The third kappa shape index (κ3) is 4.52. The van der Waals surface area contributed by atoms with E-state index < -0.39 is 0 Å². The molecule has 0 heterocycles. The van der Waals surface area contributed by atoms with Crippen LogP contribution in [0, 0.1) is 0 Å². The molecular formula is C13H20ClNO. The monoisotopic (exact) mass is 241 g/mol. The molecule has 2 nitrogen and oxygen atoms in total. The summed E-state index contributed by atoms with van der Waals surface area (Å²) in [5, 5.41) is 0.772. The van der Waals surface area contributed by atoms with Gasteiger partial charge < -0.3 is 10.5 Å². The van der Waals surface area contributed by atoms with Crippen LogP contribution in [0.2, 0.25) is 5.02 Å². The summed E-state index contributed by atoms with van der Waals surface area (Å²) in [6.07, 6.45) is 2.12. The van der Waals surface area contributed by atoms with Gasteiger partial charge in [0.1, 0.15) is 0 Å². The average molecular weight is 242 g/mol. The van der Waals surface area contributed by atoms with Crippen LogP contribution in [0.5, 0.6) is 0 Å². The van der Waals surface area contributed by atoms with E-state index in [0.717, 1.165) is 31.1 Å². The van der Waals surface area contributed by atoms with Crippen LogP contribution in [0.25, 0.3) is 0 Å². The van der Waals surface area contributed by atoms with Gasteiger partial charge in [-0.05, 0) is 49.9 Å². The summed E-state index contributed by atoms with van der Waals surface area (Å²) in [4.78, 5) is 0. The van der Waals surface area contributed by atoms with E-state index in [2.05, 4.69) is 12.1 Å². The Kier molecular flexibility index (Phi) is 6.46. The molecule has 0 radical (unpaired) electrons. The highest BCUT2D eigenvalue weighted by Crippen LogP contribution is 2.21. The summed E-state index contributed by atoms with van der Waals surface area (Å²) in [6.45, 7) is 4.29. The van der Waals surface area contributed by atoms with E-state index in [9.17, 15) is 0 Å². The standard InChI is InChI=1S/C13H20ClNO/c1-2-16-9-3-4-12(10-15)11-5-7-13(14)8-6-11/h5-8,12H,2-4,9-10,15H2,1H3. The van der Waals surface area contributed by atoms with Crippen molar-refractivity contribution >= 4 is 11.6 Å². The lowest BCUT2D eigenvalue weighted by Crippen LogP contribution is -2.13. The second-order valence-corrected chi connectivity index (χ2v) is 4.26. The number of halogens is 1. The van der Waals surface area contributed by atoms with E-state index in [4.69, 9.17) is 22.1 Å². The summed E-state index contributed by atoms with van der Waals surface area (Å²) in [7, 11) is 0. The van der Waals surface area contributed by atoms with Crippen molar-refractivity contribution < 1.29 is 4.74 Å². The molecule has 16 heavy (non-hydrogen) atoms. The molecule has 90 valence electrons. The fourth-order valence-corrected chi connectivity index (χ4v) is 1.86. The van der Waals surface area contributed by atoms with Crippen molar-refractivity contribution in [1.29, 1.82) is 0 Å². The Hall–Kier alpha value is -0.570. The molecule has 3 heteroatoms. The van der Waals surface area contributed by atoms with Crippen molar-refractivity contribution in [2.75, 3.05) is 19.8 Å². The molecule has 1 aromatic carbocycles. The summed E-state index contributed by atoms with van der Waals surface area (Å²) in [5.74, 6) is 0.415. The van der Waals surface area contributed by atoms with E-state index in [1.165, 1.54) is 5.56 Å². The Morgan fingerprint density at radius 3 is 2.56 bits per heavy atom. The predicted octanol–water partition coefficient (Wildman–Crippen LogP) is 3.20. The van der Waals surface area contributed by atoms with Gasteiger partial charge in [-0.2, -0.15) is 0 Å². The average Bonchev–Trinajstić information content (AvgIpc) is 2.31. The summed E-state index contributed by atoms with van der Waals surface area (Å²) in [6, 6.07) is 7.95. The molecule has 0 bridgehead atoms. The van der Waals surface area contributed by atoms with Crippen LogP contribution in [-0.4, -0.2) is 19.8 Å². The van der Waals surface area contributed by atoms with Gasteiger partial charge in [-0.1, -0.05) is 23.7 Å². The van der Waals surface area contributed by atoms with E-state index in [0.29, 0.717) is 12.5 Å². The van der Waals surface area contributed by atoms with Crippen LogP contribution in [0.15, 0.2) is 24.3 Å². The van der Waals surface area contributed by atoms with Gasteiger partial charge in [0.25, 0.3) is 0 Å². The predicted molar refractivity (Wildman–Crippen MR) is 69.0 cm³/mol. The second-order valence-electron chi connectivity index (χ2n) is 3.82. The molecule has 0 saturated heterocycles. The third-order valence-corrected chi connectivity index (χ3v) is 2.92. The quantitative estimate of drug-likeness (QED) is 0.744. The Bertz CT molecular complexity index is 286. The molecule has 1 aromatic rings. The SMILES string of the molecule is CCOCCCC(CN)c1ccc(Cl)cc1. The van der Waals surface area contributed by atoms with Crippen molar-refractivity contribution in [3.8, 4) is 0 Å². The summed E-state index contributed by atoms with van der Waals surface area (Å²) >= 11 is 5.85. The molecule has 0 fully saturated rings. The number of benzene rings is 1. The first kappa shape index (κ1) is 13.5. The lowest BCUT2D eigenvalue weighted by molar-refractivity contribution is 0.142. The van der Waals surface area contributed by atoms with Gasteiger partial charge in [0.05, 0.1) is 0 Å². The number of nitrogens with two attached hydrogens (primary N) is 1. The maximum Gasteiger partial charge on any atom is 0.0466 e. The zero-order valence-corrected chi connectivity index (χ0v) is 10.5. The molecule has 0 amide bonds. The third-order valence-electron chi connectivity index (χ3n) is 2.67. The molecule has 0 aliphatic rings. The Morgan fingerprint density at radius 1 is 1.31 bits per heavy atom. The van der Waals surface area contributed by atoms with E-state index in [1.54, 1.807) is 0 Å². The van der Waals surface area contributed by atoms with Crippen LogP contribution < -0.4 is 5.73 Å². The van der Waals surface area contributed by atoms with Gasteiger partial charge in [-0.15, -0.1) is 0 Å². The molecule has 0 aliphatic heterocycles. The fourth-order valence-electron chi connectivity index (χ4n) is 1.73. The zero-order valence-electron chi connectivity index (χ0n) is 9.79. The van der Waals surface area contributed by atoms with E-state index in [1.807, 2.05) is 19.1 Å². The maximum atomic E-state index is 5.85. The highest BCUT2D eigenvalue weighted by molar-refractivity contribution is 6.30. The molecule has 1 unspecified atom stereocenters. The smallest absolute Gasteiger partial charge is 0.0466 e. The lowest BCUT2D eigenvalue weighted by Gasteiger charge is -2.15. The highest BCUT2D eigenvalue weighted by atomic mass is 35.5. The van der Waals surface area contributed by atoms with Crippen LogP contribution in [0.3, 0.4) is 0 Å². The van der Waals surface area contributed by atoms with Gasteiger partial charge in [0.15, 0.2) is 0 Å². The van der Waals surface area contributed by atoms with Crippen molar-refractivity contribution in [3.05, 3.63) is 34.9 Å². The maximum absolute atomic E-state index is 5.85. The number of hydrogen-bond donors (Lipinski definition) is 1. The first-order valence-electron chi connectivity index (χ1n) is 5.81. The van der Waals surface area contributed by atoms with Crippen LogP contribution in [0.1, 0.15) is 31.2 Å². The molecule has 0 aromatic heterocycles. The first-order valence-corrected chi connectivity index (χ1v) is 6.19. The lowest BCUT2D eigenvalue weighted by atomic mass is 9.94. The van der Waals surface area contributed by atoms with Gasteiger partial charge in [-0.3, -0.25) is 0 Å². The largest absolute Gasteiger partial charge is 0.382 e. The van der Waals surface area contributed by atoms with Crippen molar-refractivity contribution in [3.63, 3.8) is 0 Å². The molecule has 2 N–H and O–H groups in total. The normalized spacial score (nSPS) is 12.7. The Labute approximate surface area is 103 Å². The van der Waals surface area contributed by atoms with E-state index in [-0.39, 0.29) is 0 Å². The van der Waals surface area contributed by atoms with Gasteiger partial charge >= 0.3 is 0 Å². The molecule has 1 rings (SSSR count). The van der Waals surface area contributed by atoms with Gasteiger partial charge in [-0.25, -0.2) is 0 Å². The van der Waals surface area contributed by atoms with Crippen molar-refractivity contribution in [2.24, 2.45) is 5.73 Å². The number of ether oxygens (including phenoxy) is 1. The second kappa shape index (κ2) is 7.66. The van der Waals surface area contributed by atoms with Gasteiger partial charge in [0.2, 0.25) is 0 Å². The molecule has 0 aliphatic carbocycles. The van der Waals surface area contributed by atoms with Crippen molar-refractivity contribution in [1.82, 2.24) is 0 Å². The first-order chi connectivity index (χ1) is 7.77. The minimum absolute atomic E-state index is 0.415. The minimum atomic E-state index is 0.415. The Morgan fingerprint density at radius 2 is 2.00 bits per heavy atom. The fraction of sp³-hybridized carbons (Fsp3) is 0.538. The summed E-state index contributed by atoms with van der Waals surface area (Å²) in [5.41, 5.74) is 7.05. The van der Waals surface area contributed by atoms with Crippen LogP contribution in [0.4, 0.5) is 0 Å². The Balaban J connectivity index is 2.44. The van der Waals surface area contributed by atoms with Crippen LogP contribution >= 0.6 is 11.6 Å². The molecule has 0 saturated carbocycles. The van der Waals surface area contributed by atoms with Crippen LogP contribution in [-0.2, 0) is 4.74 Å². The number of rotatable bonds is 7. The minimum Gasteiger partial charge on any atom is -0.382 e. The van der Waals surface area contributed by atoms with E-state index >= 15 is 0 Å². The highest BCUT2D eigenvalue weighted by Gasteiger charge is 2.08. The van der Waals surface area contributed by atoms with Gasteiger partial charge in [0, 0.05) is 18.2 Å². The zero-order chi connectivity index (χ0) is 11.8. The summed E-state index contributed by atoms with van der Waals surface area (Å²) < 4.78 is 5.32. The molecule has 0 spiro atoms. The molecule has 1 atom stereocenters. The topological polar surface area (TPSA) is 35.2 Å². The van der Waals surface area contributed by atoms with Crippen molar-refractivity contribution in [2.45, 2.75) is 25.7 Å².